The third-order valence-corrected chi connectivity index (χ3v) is 3.17. The lowest BCUT2D eigenvalue weighted by atomic mass is 10.2. The molecular weight excluding hydrogens is 246 g/mol. The van der Waals surface area contributed by atoms with Crippen LogP contribution in [0.3, 0.4) is 0 Å². The molecule has 1 amide bonds. The molecule has 2 rings (SSSR count). The van der Waals surface area contributed by atoms with Crippen LogP contribution in [0.25, 0.3) is 0 Å². The second-order valence-corrected chi connectivity index (χ2v) is 4.53. The number of nitrogens with one attached hydrogen (secondary N) is 1. The Morgan fingerprint density at radius 2 is 2.26 bits per heavy atom. The zero-order chi connectivity index (χ0) is 13.8. The van der Waals surface area contributed by atoms with E-state index in [4.69, 9.17) is 0 Å². The smallest absolute Gasteiger partial charge is 0.407 e. The van der Waals surface area contributed by atoms with Gasteiger partial charge in [0.2, 0.25) is 0 Å². The maximum absolute atomic E-state index is 11.1. The second-order valence-electron chi connectivity index (χ2n) is 4.53. The molecule has 0 aromatic carbocycles. The Hall–Kier alpha value is -2.11. The van der Waals surface area contributed by atoms with Gasteiger partial charge in [-0.15, -0.1) is 0 Å². The molecule has 1 aromatic heterocycles. The number of carbonyl (C=O) groups excluding carboxylic acids is 2. The highest BCUT2D eigenvalue weighted by Crippen LogP contribution is 2.19. The first-order valence-corrected chi connectivity index (χ1v) is 6.16. The Labute approximate surface area is 111 Å². The van der Waals surface area contributed by atoms with Gasteiger partial charge in [-0.05, 0) is 18.6 Å². The molecule has 19 heavy (non-hydrogen) atoms. The topological polar surface area (TPSA) is 71.5 Å². The summed E-state index contributed by atoms with van der Waals surface area (Å²) < 4.78 is 4.58. The highest BCUT2D eigenvalue weighted by atomic mass is 16.5. The highest BCUT2D eigenvalue weighted by molar-refractivity contribution is 5.92. The van der Waals surface area contributed by atoms with Crippen molar-refractivity contribution in [3.63, 3.8) is 0 Å². The monoisotopic (exact) mass is 263 g/mol. The van der Waals surface area contributed by atoms with E-state index in [1.165, 1.54) is 14.0 Å². The van der Waals surface area contributed by atoms with Crippen LogP contribution in [0.2, 0.25) is 0 Å². The van der Waals surface area contributed by atoms with Crippen molar-refractivity contribution in [3.8, 4) is 0 Å². The second kappa shape index (κ2) is 5.69. The number of pyridine rings is 1. The van der Waals surface area contributed by atoms with Crippen molar-refractivity contribution in [2.24, 2.45) is 0 Å². The minimum atomic E-state index is -0.406. The third kappa shape index (κ3) is 3.21. The number of ketones is 1. The van der Waals surface area contributed by atoms with Gasteiger partial charge in [0.05, 0.1) is 25.0 Å². The lowest BCUT2D eigenvalue weighted by Gasteiger charge is -2.18. The number of hydrogen-bond acceptors (Lipinski definition) is 5. The van der Waals surface area contributed by atoms with E-state index in [1.54, 1.807) is 12.3 Å². The van der Waals surface area contributed by atoms with E-state index >= 15 is 0 Å². The molecule has 1 unspecified atom stereocenters. The molecule has 102 valence electrons. The number of methoxy groups -OCH3 is 1. The predicted molar refractivity (Wildman–Crippen MR) is 70.4 cm³/mol. The number of carbonyl (C=O) groups is 2. The largest absolute Gasteiger partial charge is 0.453 e. The Morgan fingerprint density at radius 3 is 2.84 bits per heavy atom. The summed E-state index contributed by atoms with van der Waals surface area (Å²) in [7, 11) is 1.35. The van der Waals surface area contributed by atoms with Crippen molar-refractivity contribution in [2.75, 3.05) is 25.1 Å². The number of Topliss-reactive ketones (excluding diaryl/α,β-unsaturated/α-hetero) is 1. The summed E-state index contributed by atoms with van der Waals surface area (Å²) in [5.41, 5.74) is 1.42. The summed E-state index contributed by atoms with van der Waals surface area (Å²) in [6, 6.07) is 3.68. The molecule has 1 saturated heterocycles. The van der Waals surface area contributed by atoms with E-state index in [9.17, 15) is 9.59 Å². The van der Waals surface area contributed by atoms with Crippen LogP contribution in [0.4, 0.5) is 10.5 Å². The van der Waals surface area contributed by atoms with Crippen LogP contribution in [-0.4, -0.2) is 43.1 Å². The van der Waals surface area contributed by atoms with E-state index in [0.717, 1.165) is 25.2 Å². The number of aromatic nitrogens is 1. The van der Waals surface area contributed by atoms with Crippen molar-refractivity contribution in [2.45, 2.75) is 19.4 Å². The SMILES string of the molecule is COC(=O)NC1CCN(c2ccc(C(C)=O)nc2)C1. The summed E-state index contributed by atoms with van der Waals surface area (Å²) in [5, 5.41) is 2.78. The van der Waals surface area contributed by atoms with E-state index in [-0.39, 0.29) is 11.8 Å². The number of rotatable bonds is 3. The van der Waals surface area contributed by atoms with Gasteiger partial charge in [0.15, 0.2) is 5.78 Å². The fourth-order valence-corrected chi connectivity index (χ4v) is 2.12. The molecule has 1 N–H and O–H groups in total. The van der Waals surface area contributed by atoms with Crippen LogP contribution < -0.4 is 10.2 Å². The number of ether oxygens (including phenoxy) is 1. The molecule has 6 nitrogen and oxygen atoms in total. The van der Waals surface area contributed by atoms with Crippen molar-refractivity contribution < 1.29 is 14.3 Å². The highest BCUT2D eigenvalue weighted by Gasteiger charge is 2.24. The molecule has 0 spiro atoms. The maximum atomic E-state index is 11.1. The summed E-state index contributed by atoms with van der Waals surface area (Å²) in [6.07, 6.45) is 2.15. The number of amides is 1. The first kappa shape index (κ1) is 13.3. The number of anilines is 1. The summed E-state index contributed by atoms with van der Waals surface area (Å²) >= 11 is 0. The van der Waals surface area contributed by atoms with Gasteiger partial charge in [0.1, 0.15) is 5.69 Å². The minimum Gasteiger partial charge on any atom is -0.453 e. The van der Waals surface area contributed by atoms with E-state index in [0.29, 0.717) is 5.69 Å². The van der Waals surface area contributed by atoms with Gasteiger partial charge in [-0.3, -0.25) is 9.78 Å². The van der Waals surface area contributed by atoms with Gasteiger partial charge in [-0.2, -0.15) is 0 Å². The van der Waals surface area contributed by atoms with Crippen LogP contribution in [-0.2, 0) is 4.74 Å². The Bertz CT molecular complexity index is 473. The zero-order valence-corrected chi connectivity index (χ0v) is 11.0. The van der Waals surface area contributed by atoms with Crippen molar-refractivity contribution in [3.05, 3.63) is 24.0 Å². The molecular formula is C13H17N3O3. The van der Waals surface area contributed by atoms with Gasteiger partial charge >= 0.3 is 6.09 Å². The van der Waals surface area contributed by atoms with Gasteiger partial charge in [0, 0.05) is 20.0 Å². The lowest BCUT2D eigenvalue weighted by molar-refractivity contribution is 0.101. The van der Waals surface area contributed by atoms with Crippen molar-refractivity contribution in [1.82, 2.24) is 10.3 Å². The molecule has 0 aliphatic carbocycles. The first-order valence-electron chi connectivity index (χ1n) is 6.16. The predicted octanol–water partition coefficient (Wildman–Crippen LogP) is 1.22. The van der Waals surface area contributed by atoms with Gasteiger partial charge in [-0.25, -0.2) is 4.79 Å². The lowest BCUT2D eigenvalue weighted by Crippen LogP contribution is -2.36. The van der Waals surface area contributed by atoms with Crippen molar-refractivity contribution in [1.29, 1.82) is 0 Å². The summed E-state index contributed by atoms with van der Waals surface area (Å²) in [6.45, 7) is 3.06. The molecule has 2 heterocycles. The maximum Gasteiger partial charge on any atom is 0.407 e. The fourth-order valence-electron chi connectivity index (χ4n) is 2.12. The zero-order valence-electron chi connectivity index (χ0n) is 11.0. The Kier molecular flexibility index (Phi) is 3.99. The van der Waals surface area contributed by atoms with Crippen LogP contribution in [0.5, 0.6) is 0 Å². The van der Waals surface area contributed by atoms with Crippen LogP contribution in [0, 0.1) is 0 Å². The van der Waals surface area contributed by atoms with Crippen LogP contribution >= 0.6 is 0 Å². The standard InChI is InChI=1S/C13H17N3O3/c1-9(17)12-4-3-11(7-14-12)16-6-5-10(8-16)15-13(18)19-2/h3-4,7,10H,5-6,8H2,1-2H3,(H,15,18). The molecule has 1 aliphatic heterocycles. The van der Waals surface area contributed by atoms with Gasteiger partial charge in [-0.1, -0.05) is 0 Å². The van der Waals surface area contributed by atoms with E-state index in [2.05, 4.69) is 19.9 Å². The minimum absolute atomic E-state index is 0.0433. The Morgan fingerprint density at radius 1 is 1.47 bits per heavy atom. The molecule has 0 saturated carbocycles. The summed E-state index contributed by atoms with van der Waals surface area (Å²) in [5.74, 6) is -0.0433. The average molecular weight is 263 g/mol. The van der Waals surface area contributed by atoms with Crippen molar-refractivity contribution >= 4 is 17.6 Å². The summed E-state index contributed by atoms with van der Waals surface area (Å²) in [4.78, 5) is 28.5. The molecule has 1 aliphatic rings. The average Bonchev–Trinajstić information content (AvgIpc) is 2.87. The quantitative estimate of drug-likeness (QED) is 0.830. The van der Waals surface area contributed by atoms with Gasteiger partial charge in [0.25, 0.3) is 0 Å². The molecule has 1 atom stereocenters. The molecule has 0 radical (unpaired) electrons. The van der Waals surface area contributed by atoms with Crippen LogP contribution in [0.15, 0.2) is 18.3 Å². The first-order chi connectivity index (χ1) is 9.10. The molecule has 1 fully saturated rings. The van der Waals surface area contributed by atoms with E-state index in [1.807, 2.05) is 6.07 Å². The number of hydrogen-bond donors (Lipinski definition) is 1. The molecule has 1 aromatic rings. The fraction of sp³-hybridized carbons (Fsp3) is 0.462. The Balaban J connectivity index is 1.96. The third-order valence-electron chi connectivity index (χ3n) is 3.17. The number of nitrogens with zero attached hydrogens (tertiary/aromatic N) is 2. The van der Waals surface area contributed by atoms with E-state index < -0.39 is 6.09 Å². The number of alkyl carbamates (subject to hydrolysis) is 1. The molecule has 6 heteroatoms. The normalized spacial score (nSPS) is 18.2. The molecule has 0 bridgehead atoms. The van der Waals surface area contributed by atoms with Crippen LogP contribution in [0.1, 0.15) is 23.8 Å². The van der Waals surface area contributed by atoms with Gasteiger partial charge < -0.3 is 15.0 Å².